The van der Waals surface area contributed by atoms with E-state index in [2.05, 4.69) is 15.5 Å². The highest BCUT2D eigenvalue weighted by Crippen LogP contribution is 2.12. The van der Waals surface area contributed by atoms with E-state index in [9.17, 15) is 9.59 Å². The van der Waals surface area contributed by atoms with Crippen LogP contribution in [0.15, 0.2) is 54.6 Å². The lowest BCUT2D eigenvalue weighted by molar-refractivity contribution is -0.123. The maximum Gasteiger partial charge on any atom is 0.361 e. The maximum atomic E-state index is 12.4. The molecule has 1 aromatic heterocycles. The molecular weight excluding hydrogens is 344 g/mol. The summed E-state index contributed by atoms with van der Waals surface area (Å²) in [6, 6.07) is 16.6. The summed E-state index contributed by atoms with van der Waals surface area (Å²) in [5.41, 5.74) is 2.96. The Morgan fingerprint density at radius 1 is 1.00 bits per heavy atom. The van der Waals surface area contributed by atoms with Gasteiger partial charge in [-0.05, 0) is 45.0 Å². The molecule has 0 radical (unpaired) electrons. The fourth-order valence-corrected chi connectivity index (χ4v) is 2.39. The van der Waals surface area contributed by atoms with E-state index in [4.69, 9.17) is 4.74 Å². The number of para-hydroxylation sites is 1. The first-order valence-electron chi connectivity index (χ1n) is 8.52. The summed E-state index contributed by atoms with van der Waals surface area (Å²) >= 11 is 0. The zero-order valence-electron chi connectivity index (χ0n) is 15.3. The number of carbonyl (C=O) groups is 2. The monoisotopic (exact) mass is 364 g/mol. The van der Waals surface area contributed by atoms with Crippen molar-refractivity contribution in [2.45, 2.75) is 26.9 Å². The SMILES string of the molecule is Cc1ccc(NC(=O)C(C)OC(=O)c2nn(-c3ccccc3)nc2C)cc1. The minimum Gasteiger partial charge on any atom is -0.448 e. The van der Waals surface area contributed by atoms with Crippen LogP contribution in [0.5, 0.6) is 0 Å². The molecule has 27 heavy (non-hydrogen) atoms. The van der Waals surface area contributed by atoms with Crippen LogP contribution in [0.25, 0.3) is 5.69 Å². The molecular formula is C20H20N4O3. The molecule has 0 aliphatic carbocycles. The Bertz CT molecular complexity index is 949. The molecule has 3 rings (SSSR count). The number of amides is 1. The van der Waals surface area contributed by atoms with E-state index in [0.717, 1.165) is 11.3 Å². The molecule has 0 aliphatic rings. The van der Waals surface area contributed by atoms with Crippen LogP contribution in [0, 0.1) is 13.8 Å². The highest BCUT2D eigenvalue weighted by atomic mass is 16.5. The molecule has 0 fully saturated rings. The molecule has 7 heteroatoms. The lowest BCUT2D eigenvalue weighted by Crippen LogP contribution is -2.30. The van der Waals surface area contributed by atoms with Gasteiger partial charge in [0.1, 0.15) is 0 Å². The minimum absolute atomic E-state index is 0.0776. The second-order valence-electron chi connectivity index (χ2n) is 6.16. The van der Waals surface area contributed by atoms with Crippen LogP contribution in [-0.4, -0.2) is 33.0 Å². The predicted molar refractivity (Wildman–Crippen MR) is 101 cm³/mol. The van der Waals surface area contributed by atoms with Gasteiger partial charge in [-0.25, -0.2) is 4.79 Å². The first-order valence-corrected chi connectivity index (χ1v) is 8.52. The van der Waals surface area contributed by atoms with Crippen LogP contribution in [0.4, 0.5) is 5.69 Å². The van der Waals surface area contributed by atoms with Crippen molar-refractivity contribution in [2.75, 3.05) is 5.32 Å². The summed E-state index contributed by atoms with van der Waals surface area (Å²) in [6.45, 7) is 5.14. The molecule has 2 aromatic carbocycles. The first-order chi connectivity index (χ1) is 12.9. The van der Waals surface area contributed by atoms with Crippen molar-refractivity contribution in [1.29, 1.82) is 0 Å². The Hall–Kier alpha value is -3.48. The summed E-state index contributed by atoms with van der Waals surface area (Å²) in [5.74, 6) is -1.11. The van der Waals surface area contributed by atoms with Crippen molar-refractivity contribution in [2.24, 2.45) is 0 Å². The molecule has 138 valence electrons. The maximum absolute atomic E-state index is 12.4. The molecule has 0 aliphatic heterocycles. The first kappa shape index (κ1) is 18.3. The molecule has 1 amide bonds. The van der Waals surface area contributed by atoms with E-state index >= 15 is 0 Å². The van der Waals surface area contributed by atoms with Gasteiger partial charge in [0.05, 0.1) is 11.4 Å². The van der Waals surface area contributed by atoms with Gasteiger partial charge in [0.15, 0.2) is 11.8 Å². The lowest BCUT2D eigenvalue weighted by Gasteiger charge is -2.13. The second-order valence-corrected chi connectivity index (χ2v) is 6.16. The number of benzene rings is 2. The molecule has 1 N–H and O–H groups in total. The predicted octanol–water partition coefficient (Wildman–Crippen LogP) is 3.07. The molecule has 1 atom stereocenters. The van der Waals surface area contributed by atoms with E-state index in [1.165, 1.54) is 11.7 Å². The van der Waals surface area contributed by atoms with Crippen LogP contribution < -0.4 is 5.32 Å². The Labute approximate surface area is 157 Å². The Morgan fingerprint density at radius 2 is 1.67 bits per heavy atom. The third-order valence-electron chi connectivity index (χ3n) is 3.93. The number of hydrogen-bond acceptors (Lipinski definition) is 5. The van der Waals surface area contributed by atoms with Crippen LogP contribution >= 0.6 is 0 Å². The summed E-state index contributed by atoms with van der Waals surface area (Å²) in [7, 11) is 0. The molecule has 0 saturated carbocycles. The average Bonchev–Trinajstić information content (AvgIpc) is 3.06. The third-order valence-corrected chi connectivity index (χ3v) is 3.93. The number of anilines is 1. The van der Waals surface area contributed by atoms with Crippen molar-refractivity contribution in [1.82, 2.24) is 15.0 Å². The number of ether oxygens (including phenoxy) is 1. The van der Waals surface area contributed by atoms with Crippen LogP contribution in [0.2, 0.25) is 0 Å². The Kier molecular flexibility index (Phi) is 5.30. The smallest absolute Gasteiger partial charge is 0.361 e. The number of aromatic nitrogens is 3. The molecule has 0 saturated heterocycles. The van der Waals surface area contributed by atoms with Gasteiger partial charge in [-0.15, -0.1) is 5.10 Å². The largest absolute Gasteiger partial charge is 0.448 e. The third kappa shape index (κ3) is 4.38. The van der Waals surface area contributed by atoms with Gasteiger partial charge in [-0.1, -0.05) is 35.9 Å². The van der Waals surface area contributed by atoms with E-state index < -0.39 is 18.0 Å². The number of hydrogen-bond donors (Lipinski definition) is 1. The topological polar surface area (TPSA) is 86.1 Å². The number of nitrogens with one attached hydrogen (secondary N) is 1. The van der Waals surface area contributed by atoms with E-state index in [1.54, 1.807) is 19.1 Å². The second kappa shape index (κ2) is 7.82. The summed E-state index contributed by atoms with van der Waals surface area (Å²) < 4.78 is 5.26. The number of carbonyl (C=O) groups excluding carboxylic acids is 2. The fraction of sp³-hybridized carbons (Fsp3) is 0.200. The van der Waals surface area contributed by atoms with Gasteiger partial charge >= 0.3 is 5.97 Å². The highest BCUT2D eigenvalue weighted by molar-refractivity contribution is 5.97. The quantitative estimate of drug-likeness (QED) is 0.703. The van der Waals surface area contributed by atoms with Crippen molar-refractivity contribution >= 4 is 17.6 Å². The summed E-state index contributed by atoms with van der Waals surface area (Å²) in [4.78, 5) is 26.0. The van der Waals surface area contributed by atoms with Gasteiger partial charge < -0.3 is 10.1 Å². The highest BCUT2D eigenvalue weighted by Gasteiger charge is 2.23. The van der Waals surface area contributed by atoms with E-state index in [-0.39, 0.29) is 5.69 Å². The van der Waals surface area contributed by atoms with Crippen LogP contribution in [0.3, 0.4) is 0 Å². The molecule has 7 nitrogen and oxygen atoms in total. The Balaban J connectivity index is 1.67. The van der Waals surface area contributed by atoms with E-state index in [0.29, 0.717) is 11.4 Å². The van der Waals surface area contributed by atoms with Crippen molar-refractivity contribution < 1.29 is 14.3 Å². The van der Waals surface area contributed by atoms with Gasteiger partial charge in [0.25, 0.3) is 5.91 Å². The average molecular weight is 364 g/mol. The molecule has 3 aromatic rings. The van der Waals surface area contributed by atoms with Gasteiger partial charge in [0.2, 0.25) is 0 Å². The van der Waals surface area contributed by atoms with E-state index in [1.807, 2.05) is 49.4 Å². The Morgan fingerprint density at radius 3 is 2.33 bits per heavy atom. The zero-order valence-corrected chi connectivity index (χ0v) is 15.3. The standard InChI is InChI=1S/C20H20N4O3/c1-13-9-11-16(12-10-13)21-19(25)15(3)27-20(26)18-14(2)22-24(23-18)17-7-5-4-6-8-17/h4-12,15H,1-3H3,(H,21,25). The van der Waals surface area contributed by atoms with Crippen molar-refractivity contribution in [3.8, 4) is 5.69 Å². The van der Waals surface area contributed by atoms with Crippen LogP contribution in [-0.2, 0) is 9.53 Å². The molecule has 1 heterocycles. The number of esters is 1. The number of nitrogens with zero attached hydrogens (tertiary/aromatic N) is 3. The van der Waals surface area contributed by atoms with Gasteiger partial charge in [-0.2, -0.15) is 9.90 Å². The molecule has 1 unspecified atom stereocenters. The fourth-order valence-electron chi connectivity index (χ4n) is 2.39. The van der Waals surface area contributed by atoms with Gasteiger partial charge in [-0.3, -0.25) is 4.79 Å². The molecule has 0 spiro atoms. The van der Waals surface area contributed by atoms with Crippen molar-refractivity contribution in [3.05, 3.63) is 71.5 Å². The van der Waals surface area contributed by atoms with Crippen LogP contribution in [0.1, 0.15) is 28.7 Å². The zero-order chi connectivity index (χ0) is 19.4. The van der Waals surface area contributed by atoms with Crippen molar-refractivity contribution in [3.63, 3.8) is 0 Å². The molecule has 0 bridgehead atoms. The lowest BCUT2D eigenvalue weighted by atomic mass is 10.2. The minimum atomic E-state index is -0.972. The summed E-state index contributed by atoms with van der Waals surface area (Å²) in [5, 5.41) is 11.1. The van der Waals surface area contributed by atoms with Gasteiger partial charge in [0, 0.05) is 5.69 Å². The number of rotatable bonds is 5. The number of aryl methyl sites for hydroxylation is 2. The normalized spacial score (nSPS) is 11.7. The summed E-state index contributed by atoms with van der Waals surface area (Å²) in [6.07, 6.45) is -0.972.